The van der Waals surface area contributed by atoms with Gasteiger partial charge in [0.15, 0.2) is 0 Å². The number of nitrogens with zero attached hydrogens (tertiary/aromatic N) is 1. The molecule has 0 aliphatic heterocycles. The lowest BCUT2D eigenvalue weighted by Gasteiger charge is -2.30. The van der Waals surface area contributed by atoms with Crippen LogP contribution in [0.4, 0.5) is 4.79 Å². The van der Waals surface area contributed by atoms with Crippen molar-refractivity contribution in [3.8, 4) is 5.75 Å². The molecule has 0 saturated heterocycles. The standard InChI is InChI=1S/C20H29N3O7/c1-12(17(27)21-11-16(25)26)22-18(28)15(10-13-6-8-14(24)9-7-13)23(5)19(29)30-20(2,3)4/h6-9,12,15,24H,10-11H2,1-5H3,(H,21,27)(H,22,28)(H,25,26)/t12-,15+/m1/s1. The minimum absolute atomic E-state index is 0.0592. The minimum atomic E-state index is -1.21. The fraction of sp³-hybridized carbons (Fsp3) is 0.500. The highest BCUT2D eigenvalue weighted by atomic mass is 16.6. The Hall–Kier alpha value is -3.30. The number of carbonyl (C=O) groups excluding carboxylic acids is 3. The molecule has 0 saturated carbocycles. The van der Waals surface area contributed by atoms with E-state index >= 15 is 0 Å². The maximum absolute atomic E-state index is 12.9. The van der Waals surface area contributed by atoms with E-state index in [1.54, 1.807) is 32.9 Å². The van der Waals surface area contributed by atoms with Crippen LogP contribution in [0.25, 0.3) is 0 Å². The Morgan fingerprint density at radius 2 is 1.67 bits per heavy atom. The van der Waals surface area contributed by atoms with Gasteiger partial charge in [0.1, 0.15) is 30.0 Å². The summed E-state index contributed by atoms with van der Waals surface area (Å²) >= 11 is 0. The van der Waals surface area contributed by atoms with Crippen molar-refractivity contribution in [2.75, 3.05) is 13.6 Å². The topological polar surface area (TPSA) is 145 Å². The molecule has 0 spiro atoms. The maximum Gasteiger partial charge on any atom is 0.410 e. The molecule has 0 aliphatic carbocycles. The van der Waals surface area contributed by atoms with E-state index in [1.807, 2.05) is 0 Å². The molecule has 0 fully saturated rings. The first-order chi connectivity index (χ1) is 13.8. The van der Waals surface area contributed by atoms with Crippen molar-refractivity contribution in [3.05, 3.63) is 29.8 Å². The zero-order valence-corrected chi connectivity index (χ0v) is 17.8. The predicted molar refractivity (Wildman–Crippen MR) is 108 cm³/mol. The molecule has 2 atom stereocenters. The van der Waals surface area contributed by atoms with Gasteiger partial charge < -0.3 is 25.6 Å². The van der Waals surface area contributed by atoms with Gasteiger partial charge in [-0.3, -0.25) is 19.3 Å². The number of benzene rings is 1. The molecule has 0 aromatic heterocycles. The number of hydrogen-bond acceptors (Lipinski definition) is 6. The van der Waals surface area contributed by atoms with E-state index in [2.05, 4.69) is 10.6 Å². The Morgan fingerprint density at radius 1 is 1.10 bits per heavy atom. The van der Waals surface area contributed by atoms with Crippen molar-refractivity contribution < 1.29 is 34.1 Å². The molecule has 4 N–H and O–H groups in total. The van der Waals surface area contributed by atoms with Gasteiger partial charge in [0.05, 0.1) is 0 Å². The fourth-order valence-electron chi connectivity index (χ4n) is 2.41. The summed E-state index contributed by atoms with van der Waals surface area (Å²) < 4.78 is 5.33. The second kappa shape index (κ2) is 10.5. The first kappa shape index (κ1) is 24.7. The summed E-state index contributed by atoms with van der Waals surface area (Å²) in [6, 6.07) is 4.10. The molecule has 1 aromatic carbocycles. The summed E-state index contributed by atoms with van der Waals surface area (Å²) in [7, 11) is 1.41. The van der Waals surface area contributed by atoms with Gasteiger partial charge in [-0.1, -0.05) is 12.1 Å². The molecule has 166 valence electrons. The lowest BCUT2D eigenvalue weighted by Crippen LogP contribution is -2.54. The van der Waals surface area contributed by atoms with Crippen LogP contribution in [0, 0.1) is 0 Å². The lowest BCUT2D eigenvalue weighted by atomic mass is 10.0. The highest BCUT2D eigenvalue weighted by Crippen LogP contribution is 2.16. The summed E-state index contributed by atoms with van der Waals surface area (Å²) in [6.07, 6.45) is -0.616. The number of ether oxygens (including phenoxy) is 1. The van der Waals surface area contributed by atoms with E-state index in [-0.39, 0.29) is 12.2 Å². The third-order valence-electron chi connectivity index (χ3n) is 3.98. The van der Waals surface area contributed by atoms with Crippen molar-refractivity contribution >= 4 is 23.9 Å². The number of phenols is 1. The molecule has 0 aliphatic rings. The molecular weight excluding hydrogens is 394 g/mol. The third kappa shape index (κ3) is 8.38. The molecule has 0 heterocycles. The number of carbonyl (C=O) groups is 4. The van der Waals surface area contributed by atoms with Crippen LogP contribution in [-0.2, 0) is 25.5 Å². The largest absolute Gasteiger partial charge is 0.508 e. The van der Waals surface area contributed by atoms with Crippen molar-refractivity contribution in [2.45, 2.75) is 51.8 Å². The Labute approximate surface area is 175 Å². The van der Waals surface area contributed by atoms with E-state index in [9.17, 15) is 24.3 Å². The number of aliphatic carboxylic acids is 1. The Kier molecular flexibility index (Phi) is 8.63. The number of likely N-dealkylation sites (N-methyl/N-ethyl adjacent to an activating group) is 1. The summed E-state index contributed by atoms with van der Waals surface area (Å²) in [5.41, 5.74) is -0.0964. The molecule has 30 heavy (non-hydrogen) atoms. The van der Waals surface area contributed by atoms with E-state index in [0.717, 1.165) is 4.90 Å². The SMILES string of the molecule is C[C@@H](NC(=O)[C@H](Cc1ccc(O)cc1)N(C)C(=O)OC(C)(C)C)C(=O)NCC(=O)O. The Balaban J connectivity index is 2.98. The van der Waals surface area contributed by atoms with Crippen LogP contribution in [0.2, 0.25) is 0 Å². The highest BCUT2D eigenvalue weighted by Gasteiger charge is 2.32. The van der Waals surface area contributed by atoms with Gasteiger partial charge in [-0.2, -0.15) is 0 Å². The molecule has 1 rings (SSSR count). The number of rotatable bonds is 8. The van der Waals surface area contributed by atoms with Crippen molar-refractivity contribution in [1.29, 1.82) is 0 Å². The van der Waals surface area contributed by atoms with Crippen molar-refractivity contribution in [3.63, 3.8) is 0 Å². The van der Waals surface area contributed by atoms with Crippen LogP contribution in [0.15, 0.2) is 24.3 Å². The second-order valence-corrected chi connectivity index (χ2v) is 7.82. The van der Waals surface area contributed by atoms with Crippen LogP contribution in [0.1, 0.15) is 33.3 Å². The molecule has 1 aromatic rings. The number of aromatic hydroxyl groups is 1. The number of hydrogen-bond donors (Lipinski definition) is 4. The lowest BCUT2D eigenvalue weighted by molar-refractivity contribution is -0.138. The Morgan fingerprint density at radius 3 is 2.17 bits per heavy atom. The van der Waals surface area contributed by atoms with Crippen LogP contribution < -0.4 is 10.6 Å². The number of carboxylic acid groups (broad SMARTS) is 1. The average molecular weight is 423 g/mol. The third-order valence-corrected chi connectivity index (χ3v) is 3.98. The van der Waals surface area contributed by atoms with Crippen molar-refractivity contribution in [2.24, 2.45) is 0 Å². The van der Waals surface area contributed by atoms with E-state index in [1.165, 1.54) is 26.1 Å². The van der Waals surface area contributed by atoms with Gasteiger partial charge in [0, 0.05) is 13.5 Å². The number of amides is 3. The molecule has 0 unspecified atom stereocenters. The van der Waals surface area contributed by atoms with E-state index < -0.39 is 48.1 Å². The fourth-order valence-corrected chi connectivity index (χ4v) is 2.41. The predicted octanol–water partition coefficient (Wildman–Crippen LogP) is 0.876. The first-order valence-electron chi connectivity index (χ1n) is 9.33. The Bertz CT molecular complexity index is 772. The summed E-state index contributed by atoms with van der Waals surface area (Å²) in [5, 5.41) is 22.8. The van der Waals surface area contributed by atoms with Gasteiger partial charge in [0.2, 0.25) is 11.8 Å². The summed E-state index contributed by atoms with van der Waals surface area (Å²) in [5.74, 6) is -2.44. The normalized spacial score (nSPS) is 13.0. The van der Waals surface area contributed by atoms with Gasteiger partial charge in [-0.25, -0.2) is 4.79 Å². The monoisotopic (exact) mass is 423 g/mol. The second-order valence-electron chi connectivity index (χ2n) is 7.82. The minimum Gasteiger partial charge on any atom is -0.508 e. The first-order valence-corrected chi connectivity index (χ1v) is 9.33. The summed E-state index contributed by atoms with van der Waals surface area (Å²) in [6.45, 7) is 5.92. The number of phenolic OH excluding ortho intramolecular Hbond substituents is 1. The molecule has 3 amide bonds. The maximum atomic E-state index is 12.9. The molecule has 10 nitrogen and oxygen atoms in total. The molecule has 0 radical (unpaired) electrons. The quantitative estimate of drug-likeness (QED) is 0.485. The zero-order valence-electron chi connectivity index (χ0n) is 17.8. The average Bonchev–Trinajstić information content (AvgIpc) is 2.63. The molecule has 10 heteroatoms. The van der Waals surface area contributed by atoms with Gasteiger partial charge >= 0.3 is 12.1 Å². The van der Waals surface area contributed by atoms with Crippen LogP contribution in [0.3, 0.4) is 0 Å². The molecule has 0 bridgehead atoms. The number of carboxylic acids is 1. The molecular formula is C20H29N3O7. The van der Waals surface area contributed by atoms with Gasteiger partial charge in [0.25, 0.3) is 0 Å². The number of nitrogens with one attached hydrogen (secondary N) is 2. The van der Waals surface area contributed by atoms with E-state index in [4.69, 9.17) is 9.84 Å². The van der Waals surface area contributed by atoms with Crippen LogP contribution in [-0.4, -0.2) is 70.3 Å². The smallest absolute Gasteiger partial charge is 0.410 e. The van der Waals surface area contributed by atoms with Gasteiger partial charge in [-0.05, 0) is 45.4 Å². The summed E-state index contributed by atoms with van der Waals surface area (Å²) in [4.78, 5) is 49.0. The van der Waals surface area contributed by atoms with Crippen molar-refractivity contribution in [1.82, 2.24) is 15.5 Å². The zero-order chi connectivity index (χ0) is 23.1. The van der Waals surface area contributed by atoms with Gasteiger partial charge in [-0.15, -0.1) is 0 Å². The highest BCUT2D eigenvalue weighted by molar-refractivity contribution is 5.92. The van der Waals surface area contributed by atoms with Crippen LogP contribution >= 0.6 is 0 Å². The van der Waals surface area contributed by atoms with Crippen LogP contribution in [0.5, 0.6) is 5.75 Å². The van der Waals surface area contributed by atoms with E-state index in [0.29, 0.717) is 5.56 Å².